The van der Waals surface area contributed by atoms with Gasteiger partial charge in [0.05, 0.1) is 27.8 Å². The number of aliphatic imine (C=N–C) groups is 1. The van der Waals surface area contributed by atoms with E-state index in [0.29, 0.717) is 15.7 Å². The maximum Gasteiger partial charge on any atom is 0.0931 e. The van der Waals surface area contributed by atoms with Gasteiger partial charge >= 0.3 is 0 Å². The van der Waals surface area contributed by atoms with Crippen molar-refractivity contribution in [3.63, 3.8) is 0 Å². The van der Waals surface area contributed by atoms with E-state index < -0.39 is 0 Å². The predicted octanol–water partition coefficient (Wildman–Crippen LogP) is 5.38. The van der Waals surface area contributed by atoms with Gasteiger partial charge in [-0.05, 0) is 37.1 Å². The third-order valence-corrected chi connectivity index (χ3v) is 3.43. The van der Waals surface area contributed by atoms with E-state index in [-0.39, 0.29) is 0 Å². The Bertz CT molecular complexity index is 581. The zero-order chi connectivity index (χ0) is 13.8. The van der Waals surface area contributed by atoms with E-state index in [1.807, 2.05) is 32.0 Å². The molecule has 2 rings (SSSR count). The minimum atomic E-state index is 0.570. The van der Waals surface area contributed by atoms with Gasteiger partial charge in [-0.25, -0.2) is 4.99 Å². The zero-order valence-electron chi connectivity index (χ0n) is 10.7. The Labute approximate surface area is 123 Å². The molecule has 2 aromatic rings. The molecular formula is C15H14Cl2N2. The number of para-hydroxylation sites is 2. The summed E-state index contributed by atoms with van der Waals surface area (Å²) in [5, 5.41) is 4.17. The van der Waals surface area contributed by atoms with Crippen LogP contribution in [-0.4, -0.2) is 6.34 Å². The van der Waals surface area contributed by atoms with Crippen LogP contribution in [0.3, 0.4) is 0 Å². The van der Waals surface area contributed by atoms with Gasteiger partial charge in [0.1, 0.15) is 0 Å². The number of hydrogen-bond acceptors (Lipinski definition) is 1. The monoisotopic (exact) mass is 292 g/mol. The van der Waals surface area contributed by atoms with E-state index >= 15 is 0 Å². The van der Waals surface area contributed by atoms with Crippen LogP contribution in [0.25, 0.3) is 0 Å². The maximum atomic E-state index is 6.07. The summed E-state index contributed by atoms with van der Waals surface area (Å²) in [5.74, 6) is 0. The van der Waals surface area contributed by atoms with Gasteiger partial charge in [-0.2, -0.15) is 0 Å². The highest BCUT2D eigenvalue weighted by atomic mass is 35.5. The third-order valence-electron chi connectivity index (χ3n) is 2.80. The third kappa shape index (κ3) is 3.28. The van der Waals surface area contributed by atoms with Gasteiger partial charge in [0.25, 0.3) is 0 Å². The summed E-state index contributed by atoms with van der Waals surface area (Å²) in [5.41, 5.74) is 3.88. The van der Waals surface area contributed by atoms with Gasteiger partial charge in [-0.3, -0.25) is 0 Å². The Hall–Kier alpha value is -1.51. The van der Waals surface area contributed by atoms with Gasteiger partial charge in [-0.15, -0.1) is 0 Å². The number of anilines is 1. The van der Waals surface area contributed by atoms with E-state index in [1.165, 1.54) is 0 Å². The van der Waals surface area contributed by atoms with Crippen LogP contribution in [0.1, 0.15) is 11.1 Å². The number of benzene rings is 2. The molecule has 0 unspecified atom stereocenters. The molecule has 98 valence electrons. The van der Waals surface area contributed by atoms with E-state index in [2.05, 4.69) is 10.3 Å². The minimum Gasteiger partial charge on any atom is -0.344 e. The average molecular weight is 293 g/mol. The second-order valence-electron chi connectivity index (χ2n) is 4.24. The van der Waals surface area contributed by atoms with Crippen molar-refractivity contribution < 1.29 is 0 Å². The Kier molecular flexibility index (Phi) is 4.46. The van der Waals surface area contributed by atoms with Gasteiger partial charge < -0.3 is 5.32 Å². The molecule has 4 heteroatoms. The largest absolute Gasteiger partial charge is 0.344 e. The summed E-state index contributed by atoms with van der Waals surface area (Å²) in [6.45, 7) is 4.06. The normalized spacial score (nSPS) is 10.9. The SMILES string of the molecule is Cc1cccc(C)c1N=CNc1c(Cl)cccc1Cl. The van der Waals surface area contributed by atoms with Crippen LogP contribution in [0.5, 0.6) is 0 Å². The van der Waals surface area contributed by atoms with Gasteiger partial charge in [0.15, 0.2) is 0 Å². The molecule has 0 aliphatic carbocycles. The second kappa shape index (κ2) is 6.09. The van der Waals surface area contributed by atoms with Crippen molar-refractivity contribution in [3.05, 3.63) is 57.6 Å². The lowest BCUT2D eigenvalue weighted by Crippen LogP contribution is -1.96. The molecule has 0 aromatic heterocycles. The molecule has 0 amide bonds. The number of rotatable bonds is 3. The highest BCUT2D eigenvalue weighted by molar-refractivity contribution is 6.39. The van der Waals surface area contributed by atoms with E-state index in [4.69, 9.17) is 23.2 Å². The van der Waals surface area contributed by atoms with E-state index in [9.17, 15) is 0 Å². The number of nitrogens with one attached hydrogen (secondary N) is 1. The van der Waals surface area contributed by atoms with Gasteiger partial charge in [-0.1, -0.05) is 47.5 Å². The van der Waals surface area contributed by atoms with Crippen LogP contribution in [0.15, 0.2) is 41.4 Å². The molecule has 0 bridgehead atoms. The summed E-state index contributed by atoms with van der Waals surface area (Å²) in [7, 11) is 0. The lowest BCUT2D eigenvalue weighted by molar-refractivity contribution is 1.33. The number of nitrogens with zero attached hydrogens (tertiary/aromatic N) is 1. The number of aryl methyl sites for hydroxylation is 2. The van der Waals surface area contributed by atoms with Crippen molar-refractivity contribution in [2.75, 3.05) is 5.32 Å². The zero-order valence-corrected chi connectivity index (χ0v) is 12.3. The molecule has 1 N–H and O–H groups in total. The number of halogens is 2. The molecule has 0 heterocycles. The molecule has 0 saturated carbocycles. The first kappa shape index (κ1) is 13.9. The smallest absolute Gasteiger partial charge is 0.0931 e. The van der Waals surface area contributed by atoms with Crippen LogP contribution in [-0.2, 0) is 0 Å². The first-order valence-electron chi connectivity index (χ1n) is 5.89. The fourth-order valence-electron chi connectivity index (χ4n) is 1.81. The van der Waals surface area contributed by atoms with Crippen molar-refractivity contribution in [2.45, 2.75) is 13.8 Å². The molecule has 0 radical (unpaired) electrons. The molecule has 0 saturated heterocycles. The summed E-state index contributed by atoms with van der Waals surface area (Å²) in [6.07, 6.45) is 1.61. The molecule has 0 spiro atoms. The van der Waals surface area contributed by atoms with Crippen LogP contribution in [0.4, 0.5) is 11.4 Å². The van der Waals surface area contributed by atoms with Gasteiger partial charge in [0, 0.05) is 0 Å². The molecule has 0 atom stereocenters. The quantitative estimate of drug-likeness (QED) is 0.596. The first-order valence-corrected chi connectivity index (χ1v) is 6.64. The van der Waals surface area contributed by atoms with Crippen LogP contribution >= 0.6 is 23.2 Å². The first-order chi connectivity index (χ1) is 9.09. The van der Waals surface area contributed by atoms with Crippen molar-refractivity contribution in [1.82, 2.24) is 0 Å². The number of hydrogen-bond donors (Lipinski definition) is 1. The van der Waals surface area contributed by atoms with E-state index in [1.54, 1.807) is 24.5 Å². The van der Waals surface area contributed by atoms with Crippen LogP contribution in [0, 0.1) is 13.8 Å². The lowest BCUT2D eigenvalue weighted by atomic mass is 10.1. The Morgan fingerprint density at radius 2 is 1.47 bits per heavy atom. The Morgan fingerprint density at radius 3 is 2.05 bits per heavy atom. The maximum absolute atomic E-state index is 6.07. The van der Waals surface area contributed by atoms with Crippen molar-refractivity contribution in [3.8, 4) is 0 Å². The fourth-order valence-corrected chi connectivity index (χ4v) is 2.31. The summed E-state index contributed by atoms with van der Waals surface area (Å²) in [4.78, 5) is 4.43. The molecule has 19 heavy (non-hydrogen) atoms. The van der Waals surface area contributed by atoms with Crippen molar-refractivity contribution in [1.29, 1.82) is 0 Å². The molecule has 2 nitrogen and oxygen atoms in total. The Morgan fingerprint density at radius 1 is 0.947 bits per heavy atom. The van der Waals surface area contributed by atoms with Crippen LogP contribution in [0.2, 0.25) is 10.0 Å². The van der Waals surface area contributed by atoms with Gasteiger partial charge in [0.2, 0.25) is 0 Å². The molecule has 0 aliphatic heterocycles. The average Bonchev–Trinajstić information content (AvgIpc) is 2.36. The highest BCUT2D eigenvalue weighted by Crippen LogP contribution is 2.29. The minimum absolute atomic E-state index is 0.570. The fraction of sp³-hybridized carbons (Fsp3) is 0.133. The summed E-state index contributed by atoms with van der Waals surface area (Å²) in [6, 6.07) is 11.4. The molecule has 0 aliphatic rings. The van der Waals surface area contributed by atoms with Crippen molar-refractivity contribution >= 4 is 40.9 Å². The Balaban J connectivity index is 2.21. The van der Waals surface area contributed by atoms with Crippen molar-refractivity contribution in [2.24, 2.45) is 4.99 Å². The molecule has 2 aromatic carbocycles. The summed E-state index contributed by atoms with van der Waals surface area (Å²) < 4.78 is 0. The topological polar surface area (TPSA) is 24.4 Å². The highest BCUT2D eigenvalue weighted by Gasteiger charge is 2.03. The lowest BCUT2D eigenvalue weighted by Gasteiger charge is -2.07. The predicted molar refractivity (Wildman–Crippen MR) is 84.2 cm³/mol. The standard InChI is InChI=1S/C15H14Cl2N2/c1-10-5-3-6-11(2)14(10)18-9-19-15-12(16)7-4-8-13(15)17/h3-9H,1-2H3,(H,18,19). The molecule has 0 fully saturated rings. The summed E-state index contributed by atoms with van der Waals surface area (Å²) >= 11 is 12.1. The molecular weight excluding hydrogens is 279 g/mol. The van der Waals surface area contributed by atoms with Crippen LogP contribution < -0.4 is 5.32 Å². The second-order valence-corrected chi connectivity index (χ2v) is 5.05. The van der Waals surface area contributed by atoms with E-state index in [0.717, 1.165) is 16.8 Å².